The van der Waals surface area contributed by atoms with Crippen molar-refractivity contribution in [3.05, 3.63) is 30.6 Å². The number of carbonyl (C=O) groups excluding carboxylic acids is 1. The van der Waals surface area contributed by atoms with E-state index in [-0.39, 0.29) is 11.8 Å². The lowest BCUT2D eigenvalue weighted by molar-refractivity contribution is -0.120. The summed E-state index contributed by atoms with van der Waals surface area (Å²) in [6, 6.07) is 5.50. The van der Waals surface area contributed by atoms with Crippen molar-refractivity contribution in [1.29, 1.82) is 0 Å². The maximum atomic E-state index is 12.5. The number of hydrogen-bond acceptors (Lipinski definition) is 5. The fourth-order valence-corrected chi connectivity index (χ4v) is 3.65. The highest BCUT2D eigenvalue weighted by Gasteiger charge is 2.29. The highest BCUT2D eigenvalue weighted by Crippen LogP contribution is 2.25. The molecule has 1 saturated heterocycles. The van der Waals surface area contributed by atoms with Gasteiger partial charge in [0.2, 0.25) is 15.9 Å². The van der Waals surface area contributed by atoms with Crippen molar-refractivity contribution in [1.82, 2.24) is 19.5 Å². The molecule has 0 spiro atoms. The number of nitrogens with zero attached hydrogens (tertiary/aromatic N) is 3. The Morgan fingerprint density at radius 2 is 2.08 bits per heavy atom. The number of H-pyrrole nitrogens is 1. The van der Waals surface area contributed by atoms with Crippen LogP contribution in [0.4, 0.5) is 5.69 Å². The number of aromatic nitrogens is 3. The van der Waals surface area contributed by atoms with Crippen LogP contribution in [0.3, 0.4) is 0 Å². The number of pyridine rings is 1. The SMILES string of the molecule is CS(=O)(=O)N1CCC(C(=O)Nc2cn[nH]c2-c2ccccn2)CC1. The molecule has 0 saturated carbocycles. The Bertz CT molecular complexity index is 811. The summed E-state index contributed by atoms with van der Waals surface area (Å²) in [7, 11) is -3.19. The number of aromatic amines is 1. The Labute approximate surface area is 140 Å². The molecular formula is C15H19N5O3S. The third-order valence-electron chi connectivity index (χ3n) is 4.11. The Balaban J connectivity index is 1.66. The molecule has 8 nitrogen and oxygen atoms in total. The van der Waals surface area contributed by atoms with E-state index in [2.05, 4.69) is 20.5 Å². The zero-order valence-corrected chi connectivity index (χ0v) is 14.1. The fourth-order valence-electron chi connectivity index (χ4n) is 2.77. The molecular weight excluding hydrogens is 330 g/mol. The molecule has 1 aliphatic rings. The molecule has 0 unspecified atom stereocenters. The predicted octanol–water partition coefficient (Wildman–Crippen LogP) is 1.08. The van der Waals surface area contributed by atoms with E-state index in [1.165, 1.54) is 10.6 Å². The van der Waals surface area contributed by atoms with Gasteiger partial charge in [-0.25, -0.2) is 12.7 Å². The molecule has 2 N–H and O–H groups in total. The van der Waals surface area contributed by atoms with Gasteiger partial charge in [0.25, 0.3) is 0 Å². The van der Waals surface area contributed by atoms with E-state index >= 15 is 0 Å². The molecule has 0 atom stereocenters. The van der Waals surface area contributed by atoms with Crippen LogP contribution in [0, 0.1) is 5.92 Å². The molecule has 9 heteroatoms. The van der Waals surface area contributed by atoms with Crippen LogP contribution >= 0.6 is 0 Å². The lowest BCUT2D eigenvalue weighted by atomic mass is 9.97. The molecule has 1 fully saturated rings. The van der Waals surface area contributed by atoms with Gasteiger partial charge in [-0.3, -0.25) is 14.9 Å². The van der Waals surface area contributed by atoms with Crippen LogP contribution in [-0.2, 0) is 14.8 Å². The number of nitrogens with one attached hydrogen (secondary N) is 2. The second kappa shape index (κ2) is 6.70. The van der Waals surface area contributed by atoms with Gasteiger partial charge in [-0.2, -0.15) is 5.10 Å². The van der Waals surface area contributed by atoms with Crippen molar-refractivity contribution in [2.24, 2.45) is 5.92 Å². The maximum absolute atomic E-state index is 12.5. The zero-order chi connectivity index (χ0) is 17.2. The molecule has 24 heavy (non-hydrogen) atoms. The van der Waals surface area contributed by atoms with Crippen LogP contribution in [0.25, 0.3) is 11.4 Å². The van der Waals surface area contributed by atoms with Crippen LogP contribution in [0.2, 0.25) is 0 Å². The lowest BCUT2D eigenvalue weighted by Gasteiger charge is -2.29. The lowest BCUT2D eigenvalue weighted by Crippen LogP contribution is -2.40. The minimum atomic E-state index is -3.19. The number of carbonyl (C=O) groups is 1. The van der Waals surface area contributed by atoms with Crippen LogP contribution in [-0.4, -0.2) is 53.2 Å². The number of rotatable bonds is 4. The average molecular weight is 349 g/mol. The van der Waals surface area contributed by atoms with Crippen molar-refractivity contribution >= 4 is 21.6 Å². The second-order valence-corrected chi connectivity index (χ2v) is 7.78. The predicted molar refractivity (Wildman–Crippen MR) is 89.6 cm³/mol. The Morgan fingerprint density at radius 3 is 2.71 bits per heavy atom. The quantitative estimate of drug-likeness (QED) is 0.859. The number of sulfonamides is 1. The second-order valence-electron chi connectivity index (χ2n) is 5.80. The van der Waals surface area contributed by atoms with Crippen LogP contribution in [0.15, 0.2) is 30.6 Å². The van der Waals surface area contributed by atoms with Crippen LogP contribution < -0.4 is 5.32 Å². The van der Waals surface area contributed by atoms with Crippen molar-refractivity contribution < 1.29 is 13.2 Å². The van der Waals surface area contributed by atoms with Gasteiger partial charge in [0.1, 0.15) is 5.69 Å². The molecule has 0 aromatic carbocycles. The molecule has 2 aromatic rings. The summed E-state index contributed by atoms with van der Waals surface area (Å²) >= 11 is 0. The monoisotopic (exact) mass is 349 g/mol. The number of amides is 1. The minimum Gasteiger partial charge on any atom is -0.323 e. The fraction of sp³-hybridized carbons (Fsp3) is 0.400. The van der Waals surface area contributed by atoms with Gasteiger partial charge in [-0.15, -0.1) is 0 Å². The van der Waals surface area contributed by atoms with Crippen molar-refractivity contribution in [2.75, 3.05) is 24.7 Å². The van der Waals surface area contributed by atoms with Crippen molar-refractivity contribution in [3.8, 4) is 11.4 Å². The molecule has 1 amide bonds. The van der Waals surface area contributed by atoms with Gasteiger partial charge < -0.3 is 5.32 Å². The molecule has 1 aliphatic heterocycles. The first-order valence-corrected chi connectivity index (χ1v) is 9.51. The minimum absolute atomic E-state index is 0.123. The topological polar surface area (TPSA) is 108 Å². The number of hydrogen-bond donors (Lipinski definition) is 2. The van der Waals surface area contributed by atoms with Gasteiger partial charge in [0, 0.05) is 25.2 Å². The normalized spacial score (nSPS) is 16.9. The molecule has 128 valence electrons. The first-order chi connectivity index (χ1) is 11.4. The number of piperidine rings is 1. The number of anilines is 1. The van der Waals surface area contributed by atoms with E-state index in [0.717, 1.165) is 0 Å². The zero-order valence-electron chi connectivity index (χ0n) is 13.3. The Kier molecular flexibility index (Phi) is 4.63. The van der Waals surface area contributed by atoms with E-state index in [0.29, 0.717) is 43.0 Å². The summed E-state index contributed by atoms with van der Waals surface area (Å²) in [6.45, 7) is 0.741. The first-order valence-electron chi connectivity index (χ1n) is 7.66. The van der Waals surface area contributed by atoms with E-state index < -0.39 is 10.0 Å². The van der Waals surface area contributed by atoms with Gasteiger partial charge in [-0.05, 0) is 25.0 Å². The van der Waals surface area contributed by atoms with Crippen LogP contribution in [0.5, 0.6) is 0 Å². The Morgan fingerprint density at radius 1 is 1.33 bits per heavy atom. The highest BCUT2D eigenvalue weighted by molar-refractivity contribution is 7.88. The summed E-state index contributed by atoms with van der Waals surface area (Å²) in [5.74, 6) is -0.337. The van der Waals surface area contributed by atoms with E-state index in [1.807, 2.05) is 18.2 Å². The highest BCUT2D eigenvalue weighted by atomic mass is 32.2. The molecule has 0 bridgehead atoms. The summed E-state index contributed by atoms with van der Waals surface area (Å²) in [6.07, 6.45) is 5.43. The van der Waals surface area contributed by atoms with Gasteiger partial charge in [0.15, 0.2) is 0 Å². The molecule has 3 rings (SSSR count). The van der Waals surface area contributed by atoms with Gasteiger partial charge >= 0.3 is 0 Å². The van der Waals surface area contributed by atoms with Crippen molar-refractivity contribution in [3.63, 3.8) is 0 Å². The summed E-state index contributed by atoms with van der Waals surface area (Å²) in [5, 5.41) is 9.69. The van der Waals surface area contributed by atoms with Crippen molar-refractivity contribution in [2.45, 2.75) is 12.8 Å². The maximum Gasteiger partial charge on any atom is 0.227 e. The summed E-state index contributed by atoms with van der Waals surface area (Å²) < 4.78 is 24.5. The first kappa shape index (κ1) is 16.6. The Hall–Kier alpha value is -2.26. The standard InChI is InChI=1S/C15H19N5O3S/c1-24(22,23)20-8-5-11(6-9-20)15(21)18-13-10-17-19-14(13)12-4-2-3-7-16-12/h2-4,7,10-11H,5-6,8-9H2,1H3,(H,17,19)(H,18,21). The van der Waals surface area contributed by atoms with E-state index in [1.54, 1.807) is 12.4 Å². The molecule has 3 heterocycles. The van der Waals surface area contributed by atoms with E-state index in [4.69, 9.17) is 0 Å². The van der Waals surface area contributed by atoms with Gasteiger partial charge in [0.05, 0.1) is 23.8 Å². The molecule has 0 aliphatic carbocycles. The third kappa shape index (κ3) is 3.62. The van der Waals surface area contributed by atoms with Gasteiger partial charge in [-0.1, -0.05) is 6.07 Å². The summed E-state index contributed by atoms with van der Waals surface area (Å²) in [5.41, 5.74) is 1.92. The largest absolute Gasteiger partial charge is 0.323 e. The third-order valence-corrected chi connectivity index (χ3v) is 5.42. The molecule has 2 aromatic heterocycles. The van der Waals surface area contributed by atoms with E-state index in [9.17, 15) is 13.2 Å². The molecule has 0 radical (unpaired) electrons. The summed E-state index contributed by atoms with van der Waals surface area (Å²) in [4.78, 5) is 16.7. The smallest absolute Gasteiger partial charge is 0.227 e. The van der Waals surface area contributed by atoms with Crippen LogP contribution in [0.1, 0.15) is 12.8 Å². The average Bonchev–Trinajstić information content (AvgIpc) is 3.03.